The predicted molar refractivity (Wildman–Crippen MR) is 46.5 cm³/mol. The van der Waals surface area contributed by atoms with Crippen LogP contribution in [0.5, 0.6) is 0 Å². The first-order chi connectivity index (χ1) is 5.58. The molecule has 6 heteroatoms. The first-order valence-corrected chi connectivity index (χ1v) is 3.69. The summed E-state index contributed by atoms with van der Waals surface area (Å²) in [5.74, 6) is -0.0250. The molecule has 1 aliphatic rings. The Hall–Kier alpha value is -1.30. The number of guanidine groups is 2. The lowest BCUT2D eigenvalue weighted by atomic mass is 9.90. The molecule has 1 fully saturated rings. The van der Waals surface area contributed by atoms with E-state index in [9.17, 15) is 0 Å². The van der Waals surface area contributed by atoms with Gasteiger partial charge in [0.25, 0.3) is 0 Å². The lowest BCUT2D eigenvalue weighted by Gasteiger charge is -2.27. The summed E-state index contributed by atoms with van der Waals surface area (Å²) in [6, 6.07) is 0.0723. The van der Waals surface area contributed by atoms with Crippen molar-refractivity contribution in [2.24, 2.45) is 27.2 Å². The van der Waals surface area contributed by atoms with E-state index in [-0.39, 0.29) is 24.1 Å². The number of rotatable bonds is 1. The smallest absolute Gasteiger partial charge is 0.218 e. The molecule has 0 bridgehead atoms. The van der Waals surface area contributed by atoms with Crippen molar-refractivity contribution in [2.75, 3.05) is 0 Å². The quantitative estimate of drug-likeness (QED) is 0.271. The Balaban J connectivity index is 2.41. The van der Waals surface area contributed by atoms with Gasteiger partial charge in [-0.1, -0.05) is 0 Å². The maximum atomic E-state index is 8.92. The van der Waals surface area contributed by atoms with Crippen molar-refractivity contribution in [1.29, 1.82) is 0 Å². The van der Waals surface area contributed by atoms with E-state index in [0.29, 0.717) is 12.8 Å². The van der Waals surface area contributed by atoms with Crippen molar-refractivity contribution in [3.63, 3.8) is 0 Å². The Morgan fingerprint density at radius 1 is 1.25 bits per heavy atom. The molecule has 0 amide bonds. The van der Waals surface area contributed by atoms with E-state index >= 15 is 0 Å². The van der Waals surface area contributed by atoms with Gasteiger partial charge in [-0.3, -0.25) is 0 Å². The van der Waals surface area contributed by atoms with E-state index in [1.807, 2.05) is 0 Å². The van der Waals surface area contributed by atoms with Gasteiger partial charge in [0.2, 0.25) is 5.96 Å². The summed E-state index contributed by atoms with van der Waals surface area (Å²) in [7, 11) is 0. The molecule has 0 saturated heterocycles. The van der Waals surface area contributed by atoms with Gasteiger partial charge in [-0.05, 0) is 12.8 Å². The molecule has 0 aromatic heterocycles. The normalized spacial score (nSPS) is 29.2. The van der Waals surface area contributed by atoms with Crippen molar-refractivity contribution in [3.05, 3.63) is 0 Å². The zero-order valence-electron chi connectivity index (χ0n) is 6.64. The largest absolute Gasteiger partial charge is 0.393 e. The molecule has 0 aliphatic heterocycles. The summed E-state index contributed by atoms with van der Waals surface area (Å²) >= 11 is 0. The number of aliphatic imine (C=N–C) groups is 2. The predicted octanol–water partition coefficient (Wildman–Crippen LogP) is -1.90. The van der Waals surface area contributed by atoms with Crippen LogP contribution in [-0.2, 0) is 0 Å². The van der Waals surface area contributed by atoms with Crippen LogP contribution in [0.4, 0.5) is 0 Å². The van der Waals surface area contributed by atoms with Crippen LogP contribution in [0.25, 0.3) is 0 Å². The molecule has 0 radical (unpaired) electrons. The molecule has 1 rings (SSSR count). The summed E-state index contributed by atoms with van der Waals surface area (Å²) in [4.78, 5) is 7.50. The van der Waals surface area contributed by atoms with E-state index in [0.717, 1.165) is 0 Å². The Kier molecular flexibility index (Phi) is 2.49. The van der Waals surface area contributed by atoms with E-state index in [1.165, 1.54) is 0 Å². The molecule has 0 aromatic carbocycles. The topological polar surface area (TPSA) is 123 Å². The minimum atomic E-state index is -0.245. The van der Waals surface area contributed by atoms with Crippen molar-refractivity contribution >= 4 is 11.9 Å². The maximum Gasteiger partial charge on any atom is 0.218 e. The second-order valence-corrected chi connectivity index (χ2v) is 2.80. The highest BCUT2D eigenvalue weighted by Gasteiger charge is 2.26. The number of hydrogen-bond donors (Lipinski definition) is 4. The number of hydrogen-bond acceptors (Lipinski definition) is 2. The second kappa shape index (κ2) is 3.40. The minimum absolute atomic E-state index is 0.0723. The standard InChI is InChI=1S/C6H13N5O/c7-5(8)11-6(9)10-3-1-4(12)2-3/h3-4,12H,1-2H2,(H6,7,8,9,10,11). The number of nitrogens with zero attached hydrogens (tertiary/aromatic N) is 2. The first-order valence-electron chi connectivity index (χ1n) is 3.69. The molecule has 0 spiro atoms. The SMILES string of the molecule is NC(N)=NC(N)=NC1CC(O)C1. The number of aliphatic hydroxyl groups excluding tert-OH is 1. The third-order valence-electron chi connectivity index (χ3n) is 1.65. The average Bonchev–Trinajstić information content (AvgIpc) is 1.82. The van der Waals surface area contributed by atoms with Crippen LogP contribution in [0.1, 0.15) is 12.8 Å². The molecule has 12 heavy (non-hydrogen) atoms. The van der Waals surface area contributed by atoms with Crippen molar-refractivity contribution in [1.82, 2.24) is 0 Å². The van der Waals surface area contributed by atoms with Gasteiger partial charge in [-0.25, -0.2) is 4.99 Å². The molecule has 7 N–H and O–H groups in total. The summed E-state index contributed by atoms with van der Waals surface area (Å²) < 4.78 is 0. The van der Waals surface area contributed by atoms with Gasteiger partial charge in [-0.15, -0.1) is 0 Å². The number of aliphatic hydroxyl groups is 1. The average molecular weight is 171 g/mol. The fourth-order valence-corrected chi connectivity index (χ4v) is 1.01. The van der Waals surface area contributed by atoms with Gasteiger partial charge < -0.3 is 22.3 Å². The van der Waals surface area contributed by atoms with Crippen molar-refractivity contribution < 1.29 is 5.11 Å². The lowest BCUT2D eigenvalue weighted by molar-refractivity contribution is 0.0778. The molecule has 0 heterocycles. The Morgan fingerprint density at radius 2 is 1.83 bits per heavy atom. The second-order valence-electron chi connectivity index (χ2n) is 2.80. The van der Waals surface area contributed by atoms with Crippen LogP contribution < -0.4 is 17.2 Å². The van der Waals surface area contributed by atoms with Gasteiger partial charge in [-0.2, -0.15) is 4.99 Å². The molecule has 1 aliphatic carbocycles. The van der Waals surface area contributed by atoms with Gasteiger partial charge in [0.1, 0.15) is 0 Å². The van der Waals surface area contributed by atoms with E-state index < -0.39 is 0 Å². The zero-order chi connectivity index (χ0) is 9.14. The van der Waals surface area contributed by atoms with Crippen LogP contribution in [-0.4, -0.2) is 29.2 Å². The summed E-state index contributed by atoms with van der Waals surface area (Å²) in [6.07, 6.45) is 1.03. The molecule has 0 aromatic rings. The molecule has 0 unspecified atom stereocenters. The van der Waals surface area contributed by atoms with Crippen molar-refractivity contribution in [2.45, 2.75) is 25.0 Å². The monoisotopic (exact) mass is 171 g/mol. The first kappa shape index (κ1) is 8.79. The van der Waals surface area contributed by atoms with Gasteiger partial charge in [0.15, 0.2) is 5.96 Å². The third kappa shape index (κ3) is 2.39. The fourth-order valence-electron chi connectivity index (χ4n) is 1.01. The van der Waals surface area contributed by atoms with E-state index in [4.69, 9.17) is 22.3 Å². The third-order valence-corrected chi connectivity index (χ3v) is 1.65. The van der Waals surface area contributed by atoms with E-state index in [1.54, 1.807) is 0 Å². The molecular weight excluding hydrogens is 158 g/mol. The zero-order valence-corrected chi connectivity index (χ0v) is 6.64. The highest BCUT2D eigenvalue weighted by molar-refractivity contribution is 5.92. The molecule has 68 valence electrons. The molecule has 6 nitrogen and oxygen atoms in total. The van der Waals surface area contributed by atoms with Gasteiger partial charge in [0.05, 0.1) is 12.1 Å². The minimum Gasteiger partial charge on any atom is -0.393 e. The highest BCUT2D eigenvalue weighted by Crippen LogP contribution is 2.22. The van der Waals surface area contributed by atoms with E-state index in [2.05, 4.69) is 9.98 Å². The Labute approximate surface area is 70.2 Å². The fraction of sp³-hybridized carbons (Fsp3) is 0.667. The van der Waals surface area contributed by atoms with Crippen molar-refractivity contribution in [3.8, 4) is 0 Å². The molecule has 1 saturated carbocycles. The molecule has 0 atom stereocenters. The molecular formula is C6H13N5O. The maximum absolute atomic E-state index is 8.92. The summed E-state index contributed by atoms with van der Waals surface area (Å²) in [6.45, 7) is 0. The van der Waals surface area contributed by atoms with Crippen LogP contribution in [0.3, 0.4) is 0 Å². The Morgan fingerprint density at radius 3 is 2.25 bits per heavy atom. The highest BCUT2D eigenvalue weighted by atomic mass is 16.3. The summed E-state index contributed by atoms with van der Waals surface area (Å²) in [5.41, 5.74) is 15.5. The van der Waals surface area contributed by atoms with Crippen LogP contribution in [0.2, 0.25) is 0 Å². The van der Waals surface area contributed by atoms with Crippen LogP contribution in [0.15, 0.2) is 9.98 Å². The lowest BCUT2D eigenvalue weighted by Crippen LogP contribution is -2.34. The summed E-state index contributed by atoms with van der Waals surface area (Å²) in [5, 5.41) is 8.92. The van der Waals surface area contributed by atoms with Gasteiger partial charge in [0, 0.05) is 0 Å². The van der Waals surface area contributed by atoms with Crippen LogP contribution in [0, 0.1) is 0 Å². The van der Waals surface area contributed by atoms with Crippen LogP contribution >= 0.6 is 0 Å². The number of nitrogens with two attached hydrogens (primary N) is 3. The van der Waals surface area contributed by atoms with Gasteiger partial charge >= 0.3 is 0 Å². The Bertz CT molecular complexity index is 214.